The van der Waals surface area contributed by atoms with E-state index in [0.717, 1.165) is 17.1 Å². The fourth-order valence-corrected chi connectivity index (χ4v) is 2.53. The molecule has 1 heterocycles. The van der Waals surface area contributed by atoms with Crippen LogP contribution in [0.4, 0.5) is 0 Å². The zero-order valence-electron chi connectivity index (χ0n) is 8.37. The van der Waals surface area contributed by atoms with Gasteiger partial charge in [0.2, 0.25) is 0 Å². The Morgan fingerprint density at radius 3 is 3.07 bits per heavy atom. The summed E-state index contributed by atoms with van der Waals surface area (Å²) < 4.78 is 12.8. The van der Waals surface area contributed by atoms with Gasteiger partial charge in [-0.05, 0) is 24.6 Å². The van der Waals surface area contributed by atoms with Crippen LogP contribution in [-0.4, -0.2) is 10.7 Å². The second-order valence-corrected chi connectivity index (χ2v) is 4.93. The standard InChI is InChI=1S/C10H12N2O2S/c1-2-5-15(11)7-3-4-8-9(6-7)14-10(13)12-8/h3-4,6,11H,2,5H2,1H3,(H,12,13). The quantitative estimate of drug-likeness (QED) is 0.839. The van der Waals surface area contributed by atoms with Gasteiger partial charge in [0, 0.05) is 10.6 Å². The molecular weight excluding hydrogens is 212 g/mol. The highest BCUT2D eigenvalue weighted by atomic mass is 32.2. The Balaban J connectivity index is 2.46. The Kier molecular flexibility index (Phi) is 2.73. The lowest BCUT2D eigenvalue weighted by Crippen LogP contribution is -1.94. The van der Waals surface area contributed by atoms with E-state index in [9.17, 15) is 4.79 Å². The average Bonchev–Trinajstić information content (AvgIpc) is 2.57. The second kappa shape index (κ2) is 4.02. The van der Waals surface area contributed by atoms with E-state index in [4.69, 9.17) is 9.20 Å². The van der Waals surface area contributed by atoms with Crippen LogP contribution in [0, 0.1) is 4.78 Å². The van der Waals surface area contributed by atoms with Crippen LogP contribution in [0.2, 0.25) is 0 Å². The minimum atomic E-state index is -0.506. The van der Waals surface area contributed by atoms with Crippen molar-refractivity contribution in [2.75, 3.05) is 5.75 Å². The zero-order valence-corrected chi connectivity index (χ0v) is 9.19. The molecule has 2 N–H and O–H groups in total. The lowest BCUT2D eigenvalue weighted by atomic mass is 10.3. The van der Waals surface area contributed by atoms with Gasteiger partial charge in [-0.3, -0.25) is 9.76 Å². The van der Waals surface area contributed by atoms with E-state index in [1.165, 1.54) is 0 Å². The molecule has 0 saturated heterocycles. The maximum absolute atomic E-state index is 10.9. The van der Waals surface area contributed by atoms with Gasteiger partial charge in [0.05, 0.1) is 5.52 Å². The molecule has 0 spiro atoms. The van der Waals surface area contributed by atoms with Crippen molar-refractivity contribution in [3.8, 4) is 0 Å². The number of hydrogen-bond donors (Lipinski definition) is 2. The molecule has 0 aliphatic heterocycles. The van der Waals surface area contributed by atoms with Gasteiger partial charge >= 0.3 is 5.76 Å². The molecular formula is C10H12N2O2S. The molecule has 1 aromatic heterocycles. The third-order valence-corrected chi connectivity index (χ3v) is 3.72. The molecule has 80 valence electrons. The first kappa shape index (κ1) is 10.2. The molecule has 0 aliphatic carbocycles. The van der Waals surface area contributed by atoms with E-state index in [2.05, 4.69) is 11.9 Å². The van der Waals surface area contributed by atoms with E-state index >= 15 is 0 Å². The Hall–Kier alpha value is -1.36. The number of aromatic nitrogens is 1. The van der Waals surface area contributed by atoms with E-state index in [1.54, 1.807) is 12.1 Å². The molecule has 4 nitrogen and oxygen atoms in total. The molecule has 15 heavy (non-hydrogen) atoms. The fraction of sp³-hybridized carbons (Fsp3) is 0.300. The molecule has 2 aromatic rings. The van der Waals surface area contributed by atoms with Crippen LogP contribution in [0.25, 0.3) is 11.1 Å². The molecule has 0 amide bonds. The van der Waals surface area contributed by atoms with Gasteiger partial charge in [0.25, 0.3) is 0 Å². The third kappa shape index (κ3) is 2.02. The van der Waals surface area contributed by atoms with Crippen LogP contribution in [0.1, 0.15) is 13.3 Å². The van der Waals surface area contributed by atoms with Crippen molar-refractivity contribution in [3.63, 3.8) is 0 Å². The first-order chi connectivity index (χ1) is 7.20. The Labute approximate surface area is 89.2 Å². The van der Waals surface area contributed by atoms with Crippen LogP contribution in [0.5, 0.6) is 0 Å². The van der Waals surface area contributed by atoms with Crippen LogP contribution in [-0.2, 0) is 10.7 Å². The Morgan fingerprint density at radius 2 is 2.33 bits per heavy atom. The predicted molar refractivity (Wildman–Crippen MR) is 60.3 cm³/mol. The molecule has 2 rings (SSSR count). The monoisotopic (exact) mass is 224 g/mol. The number of aromatic amines is 1. The summed E-state index contributed by atoms with van der Waals surface area (Å²) in [6.45, 7) is 2.06. The maximum Gasteiger partial charge on any atom is 0.417 e. The maximum atomic E-state index is 10.9. The van der Waals surface area contributed by atoms with Crippen LogP contribution < -0.4 is 5.76 Å². The van der Waals surface area contributed by atoms with Gasteiger partial charge in [-0.25, -0.2) is 4.79 Å². The summed E-state index contributed by atoms with van der Waals surface area (Å²) in [6, 6.07) is 5.44. The number of hydrogen-bond acceptors (Lipinski definition) is 3. The molecule has 0 aliphatic rings. The van der Waals surface area contributed by atoms with Crippen molar-refractivity contribution >= 4 is 21.8 Å². The van der Waals surface area contributed by atoms with Gasteiger partial charge in [-0.1, -0.05) is 17.6 Å². The first-order valence-electron chi connectivity index (χ1n) is 4.75. The van der Waals surface area contributed by atoms with Crippen LogP contribution in [0.15, 0.2) is 32.3 Å². The van der Waals surface area contributed by atoms with Crippen molar-refractivity contribution in [2.24, 2.45) is 0 Å². The van der Waals surface area contributed by atoms with Crippen molar-refractivity contribution in [3.05, 3.63) is 28.7 Å². The molecule has 0 saturated carbocycles. The highest BCUT2D eigenvalue weighted by Gasteiger charge is 2.04. The Bertz CT molecular complexity index is 556. The van der Waals surface area contributed by atoms with E-state index < -0.39 is 16.4 Å². The summed E-state index contributed by atoms with van der Waals surface area (Å²) >= 11 is 0. The van der Waals surface area contributed by atoms with E-state index in [0.29, 0.717) is 11.1 Å². The number of rotatable bonds is 3. The van der Waals surface area contributed by atoms with Gasteiger partial charge in [0.1, 0.15) is 0 Å². The summed E-state index contributed by atoms with van der Waals surface area (Å²) in [5.41, 5.74) is 1.23. The molecule has 5 heteroatoms. The van der Waals surface area contributed by atoms with Crippen molar-refractivity contribution in [1.29, 1.82) is 4.78 Å². The SMILES string of the molecule is CCCS(=N)c1ccc2[nH]c(=O)oc2c1. The number of fused-ring (bicyclic) bond motifs is 1. The summed E-state index contributed by atoms with van der Waals surface area (Å²) in [4.78, 5) is 14.4. The third-order valence-electron chi connectivity index (χ3n) is 2.09. The van der Waals surface area contributed by atoms with Gasteiger partial charge in [-0.2, -0.15) is 0 Å². The van der Waals surface area contributed by atoms with E-state index in [1.807, 2.05) is 6.07 Å². The minimum absolute atomic E-state index is 0.442. The van der Waals surface area contributed by atoms with E-state index in [-0.39, 0.29) is 0 Å². The molecule has 0 radical (unpaired) electrons. The molecule has 1 aromatic carbocycles. The first-order valence-corrected chi connectivity index (χ1v) is 6.15. The number of oxazole rings is 1. The van der Waals surface area contributed by atoms with Crippen molar-refractivity contribution < 1.29 is 4.42 Å². The van der Waals surface area contributed by atoms with Gasteiger partial charge < -0.3 is 4.42 Å². The lowest BCUT2D eigenvalue weighted by Gasteiger charge is -2.02. The summed E-state index contributed by atoms with van der Waals surface area (Å²) in [7, 11) is -0.506. The number of benzene rings is 1. The lowest BCUT2D eigenvalue weighted by molar-refractivity contribution is 0.555. The topological polar surface area (TPSA) is 69.8 Å². The largest absolute Gasteiger partial charge is 0.417 e. The highest BCUT2D eigenvalue weighted by molar-refractivity contribution is 7.86. The summed E-state index contributed by atoms with van der Waals surface area (Å²) in [5.74, 6) is 0.405. The van der Waals surface area contributed by atoms with Crippen molar-refractivity contribution in [1.82, 2.24) is 4.98 Å². The summed E-state index contributed by atoms with van der Waals surface area (Å²) in [6.07, 6.45) is 0.988. The molecule has 1 atom stereocenters. The summed E-state index contributed by atoms with van der Waals surface area (Å²) in [5, 5.41) is 0. The predicted octanol–water partition coefficient (Wildman–Crippen LogP) is 2.27. The second-order valence-electron chi connectivity index (χ2n) is 3.27. The van der Waals surface area contributed by atoms with Crippen LogP contribution >= 0.6 is 0 Å². The smallest absolute Gasteiger partial charge is 0.408 e. The van der Waals surface area contributed by atoms with Gasteiger partial charge in [-0.15, -0.1) is 0 Å². The molecule has 0 fully saturated rings. The zero-order chi connectivity index (χ0) is 10.8. The van der Waals surface area contributed by atoms with Crippen molar-refractivity contribution in [2.45, 2.75) is 18.2 Å². The average molecular weight is 224 g/mol. The molecule has 0 bridgehead atoms. The molecule has 1 unspecified atom stereocenters. The highest BCUT2D eigenvalue weighted by Crippen LogP contribution is 2.16. The normalized spacial score (nSPS) is 13.1. The minimum Gasteiger partial charge on any atom is -0.408 e. The fourth-order valence-electron chi connectivity index (χ4n) is 1.40. The van der Waals surface area contributed by atoms with Gasteiger partial charge in [0.15, 0.2) is 5.58 Å². The van der Waals surface area contributed by atoms with Crippen LogP contribution in [0.3, 0.4) is 0 Å². The Morgan fingerprint density at radius 1 is 1.53 bits per heavy atom. The number of nitrogens with one attached hydrogen (secondary N) is 2. The number of H-pyrrole nitrogens is 1.